The SMILES string of the molecule is Cc1c(O)c(C(=O)/C=C/c2ccc(Cl)cc2)cc2c(-c3ccccc3)coc12. The Morgan fingerprint density at radius 2 is 1.79 bits per heavy atom. The third-order valence-electron chi connectivity index (χ3n) is 4.72. The molecule has 0 spiro atoms. The van der Waals surface area contributed by atoms with Crippen LogP contribution in [0.2, 0.25) is 5.02 Å². The van der Waals surface area contributed by atoms with Crippen molar-refractivity contribution in [2.75, 3.05) is 0 Å². The Kier molecular flexibility index (Phi) is 4.76. The van der Waals surface area contributed by atoms with Crippen molar-refractivity contribution in [3.63, 3.8) is 0 Å². The molecule has 0 radical (unpaired) electrons. The number of halogens is 1. The third-order valence-corrected chi connectivity index (χ3v) is 4.97. The summed E-state index contributed by atoms with van der Waals surface area (Å²) in [6.45, 7) is 1.75. The summed E-state index contributed by atoms with van der Waals surface area (Å²) in [5, 5.41) is 12.0. The smallest absolute Gasteiger partial charge is 0.189 e. The molecule has 0 aliphatic heterocycles. The number of rotatable bonds is 4. The van der Waals surface area contributed by atoms with E-state index in [-0.39, 0.29) is 17.1 Å². The van der Waals surface area contributed by atoms with Crippen molar-refractivity contribution in [2.45, 2.75) is 6.92 Å². The maximum atomic E-state index is 12.8. The number of fused-ring (bicyclic) bond motifs is 1. The highest BCUT2D eigenvalue weighted by atomic mass is 35.5. The number of carbonyl (C=O) groups excluding carboxylic acids is 1. The summed E-state index contributed by atoms with van der Waals surface area (Å²) in [5.41, 5.74) is 4.09. The Hall–Kier alpha value is -3.30. The van der Waals surface area contributed by atoms with Gasteiger partial charge in [0.05, 0.1) is 11.8 Å². The Morgan fingerprint density at radius 1 is 1.07 bits per heavy atom. The first-order chi connectivity index (χ1) is 13.5. The summed E-state index contributed by atoms with van der Waals surface area (Å²) in [6.07, 6.45) is 4.81. The van der Waals surface area contributed by atoms with E-state index in [4.69, 9.17) is 16.0 Å². The average molecular weight is 389 g/mol. The van der Waals surface area contributed by atoms with Crippen LogP contribution in [-0.4, -0.2) is 10.9 Å². The average Bonchev–Trinajstić information content (AvgIpc) is 3.15. The molecule has 0 saturated heterocycles. The van der Waals surface area contributed by atoms with Crippen LogP contribution in [0, 0.1) is 6.92 Å². The van der Waals surface area contributed by atoms with E-state index in [0.717, 1.165) is 22.1 Å². The highest BCUT2D eigenvalue weighted by Crippen LogP contribution is 2.38. The monoisotopic (exact) mass is 388 g/mol. The lowest BCUT2D eigenvalue weighted by Gasteiger charge is -2.07. The summed E-state index contributed by atoms with van der Waals surface area (Å²) < 4.78 is 5.69. The topological polar surface area (TPSA) is 50.4 Å². The molecule has 4 rings (SSSR count). The molecule has 3 nitrogen and oxygen atoms in total. The molecule has 0 bridgehead atoms. The van der Waals surface area contributed by atoms with Crippen LogP contribution < -0.4 is 0 Å². The third kappa shape index (κ3) is 3.32. The molecule has 1 aromatic heterocycles. The number of allylic oxidation sites excluding steroid dienone is 1. The van der Waals surface area contributed by atoms with Crippen LogP contribution >= 0.6 is 11.6 Å². The molecule has 3 aromatic carbocycles. The maximum absolute atomic E-state index is 12.8. The minimum Gasteiger partial charge on any atom is -0.507 e. The van der Waals surface area contributed by atoms with Crippen LogP contribution in [0.5, 0.6) is 5.75 Å². The van der Waals surface area contributed by atoms with E-state index in [0.29, 0.717) is 16.2 Å². The van der Waals surface area contributed by atoms with Crippen molar-refractivity contribution in [1.82, 2.24) is 0 Å². The maximum Gasteiger partial charge on any atom is 0.189 e. The Bertz CT molecular complexity index is 1190. The number of aromatic hydroxyl groups is 1. The van der Waals surface area contributed by atoms with Crippen LogP contribution in [0.3, 0.4) is 0 Å². The van der Waals surface area contributed by atoms with Crippen LogP contribution in [-0.2, 0) is 0 Å². The summed E-state index contributed by atoms with van der Waals surface area (Å²) in [6, 6.07) is 18.7. The number of hydrogen-bond donors (Lipinski definition) is 1. The molecule has 0 fully saturated rings. The number of phenolic OH excluding ortho intramolecular Hbond substituents is 1. The van der Waals surface area contributed by atoms with E-state index in [1.807, 2.05) is 42.5 Å². The molecule has 0 unspecified atom stereocenters. The van der Waals surface area contributed by atoms with E-state index in [1.54, 1.807) is 37.5 Å². The van der Waals surface area contributed by atoms with Gasteiger partial charge in [-0.2, -0.15) is 0 Å². The predicted molar refractivity (Wildman–Crippen MR) is 113 cm³/mol. The number of hydrogen-bond acceptors (Lipinski definition) is 3. The van der Waals surface area contributed by atoms with Gasteiger partial charge in [0.1, 0.15) is 11.3 Å². The summed E-state index contributed by atoms with van der Waals surface area (Å²) in [4.78, 5) is 12.8. The summed E-state index contributed by atoms with van der Waals surface area (Å²) in [7, 11) is 0. The summed E-state index contributed by atoms with van der Waals surface area (Å²) in [5.74, 6) is -0.343. The Labute approximate surface area is 167 Å². The van der Waals surface area contributed by atoms with Gasteiger partial charge in [0.15, 0.2) is 5.78 Å². The first-order valence-electron chi connectivity index (χ1n) is 8.82. The summed E-state index contributed by atoms with van der Waals surface area (Å²) >= 11 is 5.89. The molecule has 1 N–H and O–H groups in total. The molecule has 28 heavy (non-hydrogen) atoms. The molecule has 4 heteroatoms. The Balaban J connectivity index is 1.77. The zero-order valence-electron chi connectivity index (χ0n) is 15.1. The van der Waals surface area contributed by atoms with Gasteiger partial charge in [0, 0.05) is 21.5 Å². The lowest BCUT2D eigenvalue weighted by atomic mass is 9.98. The molecule has 0 aliphatic carbocycles. The fraction of sp³-hybridized carbons (Fsp3) is 0.0417. The number of furan rings is 1. The van der Waals surface area contributed by atoms with Gasteiger partial charge < -0.3 is 9.52 Å². The quantitative estimate of drug-likeness (QED) is 0.314. The van der Waals surface area contributed by atoms with Crippen LogP contribution in [0.4, 0.5) is 0 Å². The van der Waals surface area contributed by atoms with Crippen LogP contribution in [0.25, 0.3) is 28.2 Å². The van der Waals surface area contributed by atoms with Gasteiger partial charge >= 0.3 is 0 Å². The number of ketones is 1. The van der Waals surface area contributed by atoms with Crippen molar-refractivity contribution in [2.24, 2.45) is 0 Å². The van der Waals surface area contributed by atoms with Crippen molar-refractivity contribution >= 4 is 34.4 Å². The van der Waals surface area contributed by atoms with E-state index in [1.165, 1.54) is 6.08 Å². The first kappa shape index (κ1) is 18.1. The standard InChI is InChI=1S/C24H17ClO3/c1-15-23(27)20(22(26)12-9-16-7-10-18(25)11-8-16)13-19-21(14-28-24(15)19)17-5-3-2-4-6-17/h2-14,27H,1H3/b12-9+. The molecule has 0 saturated carbocycles. The molecule has 138 valence electrons. The van der Waals surface area contributed by atoms with Crippen molar-refractivity contribution in [3.05, 3.63) is 94.7 Å². The van der Waals surface area contributed by atoms with Gasteiger partial charge in [-0.15, -0.1) is 0 Å². The van der Waals surface area contributed by atoms with Crippen molar-refractivity contribution in [1.29, 1.82) is 0 Å². The van der Waals surface area contributed by atoms with Crippen LogP contribution in [0.1, 0.15) is 21.5 Å². The van der Waals surface area contributed by atoms with Gasteiger partial charge in [-0.1, -0.05) is 60.1 Å². The molecule has 0 aliphatic rings. The number of benzene rings is 3. The van der Waals surface area contributed by atoms with Gasteiger partial charge in [-0.25, -0.2) is 0 Å². The highest BCUT2D eigenvalue weighted by molar-refractivity contribution is 6.30. The van der Waals surface area contributed by atoms with Crippen molar-refractivity contribution in [3.8, 4) is 16.9 Å². The first-order valence-corrected chi connectivity index (χ1v) is 9.19. The highest BCUT2D eigenvalue weighted by Gasteiger charge is 2.19. The minimum atomic E-state index is -0.280. The largest absolute Gasteiger partial charge is 0.507 e. The molecule has 0 amide bonds. The van der Waals surface area contributed by atoms with E-state index in [9.17, 15) is 9.90 Å². The predicted octanol–water partition coefficient (Wildman–Crippen LogP) is 6.66. The fourth-order valence-corrected chi connectivity index (χ4v) is 3.31. The van der Waals surface area contributed by atoms with Gasteiger partial charge in [-0.05, 0) is 42.3 Å². The number of carbonyl (C=O) groups is 1. The normalized spacial score (nSPS) is 11.4. The zero-order valence-corrected chi connectivity index (χ0v) is 15.9. The van der Waals surface area contributed by atoms with Gasteiger partial charge in [-0.3, -0.25) is 4.79 Å². The van der Waals surface area contributed by atoms with Crippen molar-refractivity contribution < 1.29 is 14.3 Å². The second-order valence-electron chi connectivity index (χ2n) is 6.54. The lowest BCUT2D eigenvalue weighted by Crippen LogP contribution is -1.97. The number of aryl methyl sites for hydroxylation is 1. The van der Waals surface area contributed by atoms with Gasteiger partial charge in [0.25, 0.3) is 0 Å². The van der Waals surface area contributed by atoms with E-state index in [2.05, 4.69) is 0 Å². The van der Waals surface area contributed by atoms with E-state index < -0.39 is 0 Å². The van der Waals surface area contributed by atoms with E-state index >= 15 is 0 Å². The molecule has 4 aromatic rings. The molecule has 1 heterocycles. The molecule has 0 atom stereocenters. The second-order valence-corrected chi connectivity index (χ2v) is 6.98. The van der Waals surface area contributed by atoms with Crippen LogP contribution in [0.15, 0.2) is 77.4 Å². The second kappa shape index (κ2) is 7.37. The fourth-order valence-electron chi connectivity index (χ4n) is 3.19. The Morgan fingerprint density at radius 3 is 2.50 bits per heavy atom. The molecular formula is C24H17ClO3. The van der Waals surface area contributed by atoms with Gasteiger partial charge in [0.2, 0.25) is 0 Å². The zero-order chi connectivity index (χ0) is 19.7. The molecular weight excluding hydrogens is 372 g/mol. The minimum absolute atomic E-state index is 0.0628. The number of phenols is 1. The lowest BCUT2D eigenvalue weighted by molar-refractivity contribution is 0.104.